The second kappa shape index (κ2) is 10.5. The molecule has 1 aliphatic rings. The first kappa shape index (κ1) is 22.8. The SMILES string of the molecule is O=C(/C=C/[C@@H]1CC1(c1ccc(F)cc1)c1ccc(F)cc1)NCCCCCc1ccccn1. The number of amides is 1. The molecule has 1 aliphatic carbocycles. The summed E-state index contributed by atoms with van der Waals surface area (Å²) in [7, 11) is 0. The van der Waals surface area contributed by atoms with Gasteiger partial charge in [0.15, 0.2) is 0 Å². The largest absolute Gasteiger partial charge is 0.353 e. The van der Waals surface area contributed by atoms with Crippen LogP contribution in [-0.2, 0) is 16.6 Å². The number of rotatable bonds is 10. The van der Waals surface area contributed by atoms with E-state index in [0.717, 1.165) is 48.9 Å². The van der Waals surface area contributed by atoms with Gasteiger partial charge in [-0.25, -0.2) is 8.78 Å². The van der Waals surface area contributed by atoms with E-state index >= 15 is 0 Å². The fourth-order valence-electron chi connectivity index (χ4n) is 4.47. The first-order chi connectivity index (χ1) is 16.1. The van der Waals surface area contributed by atoms with Crippen LogP contribution in [0.4, 0.5) is 8.78 Å². The van der Waals surface area contributed by atoms with Gasteiger partial charge in [-0.3, -0.25) is 9.78 Å². The summed E-state index contributed by atoms with van der Waals surface area (Å²) in [6.07, 6.45) is 10.1. The van der Waals surface area contributed by atoms with Crippen LogP contribution in [0.15, 0.2) is 85.1 Å². The Morgan fingerprint density at radius 1 is 0.939 bits per heavy atom. The molecule has 1 heterocycles. The van der Waals surface area contributed by atoms with Gasteiger partial charge in [0.1, 0.15) is 11.6 Å². The first-order valence-corrected chi connectivity index (χ1v) is 11.5. The number of unbranched alkanes of at least 4 members (excludes halogenated alkanes) is 2. The lowest BCUT2D eigenvalue weighted by atomic mass is 9.85. The van der Waals surface area contributed by atoms with Crippen molar-refractivity contribution in [2.75, 3.05) is 6.54 Å². The summed E-state index contributed by atoms with van der Waals surface area (Å²) in [5, 5.41) is 2.95. The van der Waals surface area contributed by atoms with Crippen molar-refractivity contribution in [1.82, 2.24) is 10.3 Å². The van der Waals surface area contributed by atoms with Gasteiger partial charge < -0.3 is 5.32 Å². The summed E-state index contributed by atoms with van der Waals surface area (Å²) in [4.78, 5) is 16.6. The normalized spacial score (nSPS) is 16.6. The maximum atomic E-state index is 13.5. The molecule has 0 saturated heterocycles. The van der Waals surface area contributed by atoms with E-state index in [1.165, 1.54) is 24.3 Å². The number of pyridine rings is 1. The number of hydrogen-bond donors (Lipinski definition) is 1. The summed E-state index contributed by atoms with van der Waals surface area (Å²) < 4.78 is 26.9. The molecule has 1 N–H and O–H groups in total. The van der Waals surface area contributed by atoms with E-state index in [4.69, 9.17) is 0 Å². The minimum absolute atomic E-state index is 0.0949. The van der Waals surface area contributed by atoms with Crippen LogP contribution in [0.1, 0.15) is 42.5 Å². The Balaban J connectivity index is 1.29. The van der Waals surface area contributed by atoms with E-state index in [0.29, 0.717) is 6.54 Å². The molecule has 170 valence electrons. The van der Waals surface area contributed by atoms with Gasteiger partial charge in [-0.15, -0.1) is 0 Å². The minimum Gasteiger partial charge on any atom is -0.353 e. The molecule has 1 atom stereocenters. The lowest BCUT2D eigenvalue weighted by molar-refractivity contribution is -0.116. The van der Waals surface area contributed by atoms with Crippen LogP contribution in [-0.4, -0.2) is 17.4 Å². The van der Waals surface area contributed by atoms with E-state index in [9.17, 15) is 13.6 Å². The van der Waals surface area contributed by atoms with Crippen LogP contribution >= 0.6 is 0 Å². The first-order valence-electron chi connectivity index (χ1n) is 11.5. The highest BCUT2D eigenvalue weighted by Gasteiger charge is 2.55. The van der Waals surface area contributed by atoms with Crippen LogP contribution in [0.5, 0.6) is 0 Å². The van der Waals surface area contributed by atoms with Gasteiger partial charge in [0.05, 0.1) is 0 Å². The molecular formula is C28H28F2N2O. The zero-order valence-corrected chi connectivity index (χ0v) is 18.5. The monoisotopic (exact) mass is 446 g/mol. The second-order valence-electron chi connectivity index (χ2n) is 8.58. The molecule has 1 aromatic heterocycles. The molecule has 33 heavy (non-hydrogen) atoms. The maximum Gasteiger partial charge on any atom is 0.243 e. The third kappa shape index (κ3) is 5.72. The molecule has 5 heteroatoms. The van der Waals surface area contributed by atoms with Crippen LogP contribution in [0, 0.1) is 17.6 Å². The molecule has 3 aromatic rings. The van der Waals surface area contributed by atoms with E-state index in [1.807, 2.05) is 30.5 Å². The Hall–Kier alpha value is -3.34. The van der Waals surface area contributed by atoms with Gasteiger partial charge >= 0.3 is 0 Å². The standard InChI is InChI=1S/C28H28F2N2O/c29-24-13-8-21(9-14-24)28(22-10-15-25(30)16-11-22)20-23(28)12-17-27(33)32-19-4-1-2-6-26-7-3-5-18-31-26/h3,5,7-18,23H,1-2,4,6,19-20H2,(H,32,33)/b17-12+/t23-/m1/s1. The van der Waals surface area contributed by atoms with Gasteiger partial charge in [0, 0.05) is 23.9 Å². The molecule has 0 bridgehead atoms. The summed E-state index contributed by atoms with van der Waals surface area (Å²) in [5.41, 5.74) is 2.68. The van der Waals surface area contributed by atoms with E-state index in [1.54, 1.807) is 30.3 Å². The fourth-order valence-corrected chi connectivity index (χ4v) is 4.47. The molecule has 1 saturated carbocycles. The Morgan fingerprint density at radius 3 is 2.21 bits per heavy atom. The average Bonchev–Trinajstić information content (AvgIpc) is 3.57. The second-order valence-corrected chi connectivity index (χ2v) is 8.58. The van der Waals surface area contributed by atoms with E-state index < -0.39 is 0 Å². The molecule has 0 aliphatic heterocycles. The van der Waals surface area contributed by atoms with Gasteiger partial charge in [-0.1, -0.05) is 42.8 Å². The van der Waals surface area contributed by atoms with Crippen LogP contribution in [0.25, 0.3) is 0 Å². The molecule has 0 unspecified atom stereocenters. The predicted molar refractivity (Wildman–Crippen MR) is 126 cm³/mol. The molecule has 0 spiro atoms. The van der Waals surface area contributed by atoms with Gasteiger partial charge in [0.2, 0.25) is 5.91 Å². The van der Waals surface area contributed by atoms with Crippen LogP contribution < -0.4 is 5.32 Å². The highest BCUT2D eigenvalue weighted by atomic mass is 19.1. The topological polar surface area (TPSA) is 42.0 Å². The number of hydrogen-bond acceptors (Lipinski definition) is 2. The molecule has 2 aromatic carbocycles. The van der Waals surface area contributed by atoms with Crippen molar-refractivity contribution in [3.63, 3.8) is 0 Å². The van der Waals surface area contributed by atoms with Crippen molar-refractivity contribution in [1.29, 1.82) is 0 Å². The fraction of sp³-hybridized carbons (Fsp3) is 0.286. The quantitative estimate of drug-likeness (QED) is 0.318. The third-order valence-corrected chi connectivity index (χ3v) is 6.35. The molecule has 1 fully saturated rings. The van der Waals surface area contributed by atoms with Crippen molar-refractivity contribution >= 4 is 5.91 Å². The summed E-state index contributed by atoms with van der Waals surface area (Å²) in [5.74, 6) is -0.600. The van der Waals surface area contributed by atoms with Crippen molar-refractivity contribution in [2.24, 2.45) is 5.92 Å². The Morgan fingerprint density at radius 2 is 1.61 bits per heavy atom. The number of carbonyl (C=O) groups excluding carboxylic acids is 1. The van der Waals surface area contributed by atoms with Crippen LogP contribution in [0.2, 0.25) is 0 Å². The number of nitrogens with one attached hydrogen (secondary N) is 1. The average molecular weight is 447 g/mol. The number of benzene rings is 2. The molecule has 4 rings (SSSR count). The number of aromatic nitrogens is 1. The van der Waals surface area contributed by atoms with Gasteiger partial charge in [0.25, 0.3) is 0 Å². The lowest BCUT2D eigenvalue weighted by Crippen LogP contribution is -2.22. The number of carbonyl (C=O) groups is 1. The number of halogens is 2. The Bertz CT molecular complexity index is 1030. The lowest BCUT2D eigenvalue weighted by Gasteiger charge is -2.18. The summed E-state index contributed by atoms with van der Waals surface area (Å²) in [6, 6.07) is 18.8. The molecule has 1 amide bonds. The van der Waals surface area contributed by atoms with Crippen molar-refractivity contribution < 1.29 is 13.6 Å². The van der Waals surface area contributed by atoms with E-state index in [2.05, 4.69) is 10.3 Å². The minimum atomic E-state index is -0.357. The van der Waals surface area contributed by atoms with Gasteiger partial charge in [-0.2, -0.15) is 0 Å². The Labute approximate surface area is 193 Å². The van der Waals surface area contributed by atoms with Gasteiger partial charge in [-0.05, 0) is 85.2 Å². The summed E-state index contributed by atoms with van der Waals surface area (Å²) >= 11 is 0. The molecule has 3 nitrogen and oxygen atoms in total. The highest BCUT2D eigenvalue weighted by Crippen LogP contribution is 2.59. The highest BCUT2D eigenvalue weighted by molar-refractivity contribution is 5.87. The van der Waals surface area contributed by atoms with Crippen LogP contribution in [0.3, 0.4) is 0 Å². The zero-order chi connectivity index (χ0) is 23.1. The number of aryl methyl sites for hydroxylation is 1. The smallest absolute Gasteiger partial charge is 0.243 e. The van der Waals surface area contributed by atoms with E-state index in [-0.39, 0.29) is 28.9 Å². The van der Waals surface area contributed by atoms with Crippen molar-refractivity contribution in [3.8, 4) is 0 Å². The summed E-state index contributed by atoms with van der Waals surface area (Å²) in [6.45, 7) is 0.636. The molecule has 0 radical (unpaired) electrons. The predicted octanol–water partition coefficient (Wildman–Crippen LogP) is 5.75. The van der Waals surface area contributed by atoms with Crippen molar-refractivity contribution in [2.45, 2.75) is 37.5 Å². The number of allylic oxidation sites excluding steroid dienone is 1. The maximum absolute atomic E-state index is 13.5. The Kier molecular flexibility index (Phi) is 7.28. The van der Waals surface area contributed by atoms with Crippen molar-refractivity contribution in [3.05, 3.63) is 114 Å². The number of nitrogens with zero attached hydrogens (tertiary/aromatic N) is 1. The zero-order valence-electron chi connectivity index (χ0n) is 18.5. The molecular weight excluding hydrogens is 418 g/mol. The third-order valence-electron chi connectivity index (χ3n) is 6.35.